The van der Waals surface area contributed by atoms with Crippen molar-refractivity contribution in [2.24, 2.45) is 5.84 Å². The first-order valence-electron chi connectivity index (χ1n) is 4.51. The summed E-state index contributed by atoms with van der Waals surface area (Å²) < 4.78 is 29.4. The van der Waals surface area contributed by atoms with Gasteiger partial charge in [0.05, 0.1) is 11.4 Å². The van der Waals surface area contributed by atoms with Gasteiger partial charge < -0.3 is 5.01 Å². The number of nitrogens with zero attached hydrogens (tertiary/aromatic N) is 1. The van der Waals surface area contributed by atoms with Gasteiger partial charge in [-0.1, -0.05) is 18.2 Å². The second-order valence-electron chi connectivity index (χ2n) is 3.17. The molecule has 0 atom stereocenters. The standard InChI is InChI=1S/C9H14N2O3S/c10-11(7-4-8-15(12,13)14)9-5-2-1-3-6-9/h1-3,5-6H,4,7-8,10H2,(H,12,13,14). The zero-order valence-electron chi connectivity index (χ0n) is 8.20. The first kappa shape index (κ1) is 12.0. The van der Waals surface area contributed by atoms with Gasteiger partial charge in [-0.25, -0.2) is 5.84 Å². The molecule has 0 unspecified atom stereocenters. The predicted molar refractivity (Wildman–Crippen MR) is 59.0 cm³/mol. The smallest absolute Gasteiger partial charge is 0.264 e. The largest absolute Gasteiger partial charge is 0.311 e. The van der Waals surface area contributed by atoms with Crippen LogP contribution >= 0.6 is 0 Å². The minimum absolute atomic E-state index is 0.270. The third kappa shape index (κ3) is 4.78. The number of rotatable bonds is 5. The molecule has 5 nitrogen and oxygen atoms in total. The van der Waals surface area contributed by atoms with E-state index in [4.69, 9.17) is 10.4 Å². The van der Waals surface area contributed by atoms with Gasteiger partial charge in [0.2, 0.25) is 0 Å². The second kappa shape index (κ2) is 5.11. The molecule has 0 fully saturated rings. The topological polar surface area (TPSA) is 83.6 Å². The third-order valence-corrected chi connectivity index (χ3v) is 2.69. The fraction of sp³-hybridized carbons (Fsp3) is 0.333. The highest BCUT2D eigenvalue weighted by Crippen LogP contribution is 2.09. The number of hydrogen-bond donors (Lipinski definition) is 2. The third-order valence-electron chi connectivity index (χ3n) is 1.89. The van der Waals surface area contributed by atoms with Gasteiger partial charge in [0.25, 0.3) is 10.1 Å². The number of hydrazine groups is 1. The highest BCUT2D eigenvalue weighted by Gasteiger charge is 2.06. The quantitative estimate of drug-likeness (QED) is 0.440. The van der Waals surface area contributed by atoms with Crippen LogP contribution in [0.3, 0.4) is 0 Å². The summed E-state index contributed by atoms with van der Waals surface area (Å²) in [6.07, 6.45) is 0.296. The van der Waals surface area contributed by atoms with E-state index in [-0.39, 0.29) is 5.75 Å². The summed E-state index contributed by atoms with van der Waals surface area (Å²) in [7, 11) is -3.88. The van der Waals surface area contributed by atoms with Crippen molar-refractivity contribution in [2.45, 2.75) is 6.42 Å². The Morgan fingerprint density at radius 1 is 1.27 bits per heavy atom. The molecule has 0 radical (unpaired) electrons. The Morgan fingerprint density at radius 3 is 2.40 bits per heavy atom. The van der Waals surface area contributed by atoms with E-state index in [1.54, 1.807) is 0 Å². The van der Waals surface area contributed by atoms with E-state index in [1.165, 1.54) is 5.01 Å². The van der Waals surface area contributed by atoms with Gasteiger partial charge in [-0.2, -0.15) is 8.42 Å². The van der Waals surface area contributed by atoms with Crippen LogP contribution in [0.15, 0.2) is 30.3 Å². The molecule has 0 aliphatic carbocycles. The molecule has 0 bridgehead atoms. The van der Waals surface area contributed by atoms with E-state index in [2.05, 4.69) is 0 Å². The normalized spacial score (nSPS) is 11.3. The fourth-order valence-corrected chi connectivity index (χ4v) is 1.66. The number of benzene rings is 1. The number of para-hydroxylation sites is 1. The van der Waals surface area contributed by atoms with Crippen molar-refractivity contribution in [1.82, 2.24) is 0 Å². The highest BCUT2D eigenvalue weighted by atomic mass is 32.2. The maximum atomic E-state index is 10.4. The molecule has 0 aromatic heterocycles. The van der Waals surface area contributed by atoms with E-state index < -0.39 is 10.1 Å². The van der Waals surface area contributed by atoms with Crippen molar-refractivity contribution in [1.29, 1.82) is 0 Å². The van der Waals surface area contributed by atoms with Crippen LogP contribution in [0.5, 0.6) is 0 Å². The summed E-state index contributed by atoms with van der Waals surface area (Å²) in [6, 6.07) is 9.21. The van der Waals surface area contributed by atoms with Gasteiger partial charge >= 0.3 is 0 Å². The monoisotopic (exact) mass is 230 g/mol. The molecule has 0 heterocycles. The van der Waals surface area contributed by atoms with Crippen molar-refractivity contribution in [3.05, 3.63) is 30.3 Å². The molecular formula is C9H14N2O3S. The van der Waals surface area contributed by atoms with E-state index in [9.17, 15) is 8.42 Å². The van der Waals surface area contributed by atoms with Crippen molar-refractivity contribution < 1.29 is 13.0 Å². The number of anilines is 1. The summed E-state index contributed by atoms with van der Waals surface area (Å²) >= 11 is 0. The van der Waals surface area contributed by atoms with E-state index in [0.717, 1.165) is 5.69 Å². The lowest BCUT2D eigenvalue weighted by atomic mass is 10.3. The van der Waals surface area contributed by atoms with Crippen LogP contribution in [-0.2, 0) is 10.1 Å². The average molecular weight is 230 g/mol. The molecule has 0 saturated heterocycles. The summed E-state index contributed by atoms with van der Waals surface area (Å²) in [6.45, 7) is 0.379. The number of nitrogens with two attached hydrogens (primary N) is 1. The van der Waals surface area contributed by atoms with Crippen LogP contribution in [0, 0.1) is 0 Å². The van der Waals surface area contributed by atoms with Gasteiger partial charge in [-0.15, -0.1) is 0 Å². The molecule has 84 valence electrons. The lowest BCUT2D eigenvalue weighted by Gasteiger charge is -2.17. The van der Waals surface area contributed by atoms with E-state index in [1.807, 2.05) is 30.3 Å². The van der Waals surface area contributed by atoms with Gasteiger partial charge in [-0.05, 0) is 18.6 Å². The highest BCUT2D eigenvalue weighted by molar-refractivity contribution is 7.85. The molecule has 3 N–H and O–H groups in total. The van der Waals surface area contributed by atoms with Gasteiger partial charge in [-0.3, -0.25) is 4.55 Å². The van der Waals surface area contributed by atoms with Crippen LogP contribution in [0.4, 0.5) is 5.69 Å². The van der Waals surface area contributed by atoms with Crippen LogP contribution in [0.25, 0.3) is 0 Å². The molecule has 1 aromatic carbocycles. The molecule has 0 aliphatic heterocycles. The van der Waals surface area contributed by atoms with Crippen LogP contribution < -0.4 is 10.9 Å². The van der Waals surface area contributed by atoms with Crippen molar-refractivity contribution >= 4 is 15.8 Å². The van der Waals surface area contributed by atoms with Gasteiger partial charge in [0.1, 0.15) is 0 Å². The predicted octanol–water partition coefficient (Wildman–Crippen LogP) is 0.645. The van der Waals surface area contributed by atoms with Crippen molar-refractivity contribution in [3.63, 3.8) is 0 Å². The van der Waals surface area contributed by atoms with E-state index >= 15 is 0 Å². The Kier molecular flexibility index (Phi) is 4.07. The van der Waals surface area contributed by atoms with Crippen LogP contribution in [-0.4, -0.2) is 25.3 Å². The molecule has 1 aromatic rings. The fourth-order valence-electron chi connectivity index (χ4n) is 1.17. The molecule has 15 heavy (non-hydrogen) atoms. The Balaban J connectivity index is 2.41. The van der Waals surface area contributed by atoms with Crippen molar-refractivity contribution in [3.8, 4) is 0 Å². The van der Waals surface area contributed by atoms with Gasteiger partial charge in [0.15, 0.2) is 0 Å². The molecule has 0 amide bonds. The second-order valence-corrected chi connectivity index (χ2v) is 4.74. The zero-order chi connectivity index (χ0) is 11.3. The summed E-state index contributed by atoms with van der Waals surface area (Å²) in [4.78, 5) is 0. The van der Waals surface area contributed by atoms with Crippen LogP contribution in [0.1, 0.15) is 6.42 Å². The number of hydrogen-bond acceptors (Lipinski definition) is 4. The molecular weight excluding hydrogens is 216 g/mol. The Morgan fingerprint density at radius 2 is 1.87 bits per heavy atom. The summed E-state index contributed by atoms with van der Waals surface area (Å²) in [5.41, 5.74) is 0.813. The first-order chi connectivity index (χ1) is 6.99. The maximum Gasteiger partial charge on any atom is 0.264 e. The minimum Gasteiger partial charge on any atom is -0.311 e. The lowest BCUT2D eigenvalue weighted by Crippen LogP contribution is -2.32. The van der Waals surface area contributed by atoms with E-state index in [0.29, 0.717) is 13.0 Å². The zero-order valence-corrected chi connectivity index (χ0v) is 9.02. The summed E-state index contributed by atoms with van der Waals surface area (Å²) in [5.74, 6) is 5.41. The Labute approximate surface area is 89.2 Å². The summed E-state index contributed by atoms with van der Waals surface area (Å²) in [5, 5.41) is 1.45. The minimum atomic E-state index is -3.88. The van der Waals surface area contributed by atoms with Crippen LogP contribution in [0.2, 0.25) is 0 Å². The maximum absolute atomic E-state index is 10.4. The van der Waals surface area contributed by atoms with Gasteiger partial charge in [0, 0.05) is 6.54 Å². The molecule has 1 rings (SSSR count). The lowest BCUT2D eigenvalue weighted by molar-refractivity contribution is 0.481. The first-order valence-corrected chi connectivity index (χ1v) is 6.12. The van der Waals surface area contributed by atoms with Crippen molar-refractivity contribution in [2.75, 3.05) is 17.3 Å². The molecule has 0 saturated carbocycles. The molecule has 0 spiro atoms. The Bertz CT molecular complexity index is 391. The average Bonchev–Trinajstić information content (AvgIpc) is 2.17. The SMILES string of the molecule is NN(CCCS(=O)(=O)O)c1ccccc1. The molecule has 0 aliphatic rings. The Hall–Kier alpha value is -1.11. The molecule has 6 heteroatoms.